The maximum absolute atomic E-state index is 15.0. The van der Waals surface area contributed by atoms with Crippen molar-refractivity contribution in [3.05, 3.63) is 41.7 Å². The van der Waals surface area contributed by atoms with E-state index in [1.165, 1.54) is 19.1 Å². The van der Waals surface area contributed by atoms with Crippen LogP contribution < -0.4 is 54.8 Å². The molecule has 302 valence electrons. The third kappa shape index (κ3) is 17.6. The summed E-state index contributed by atoms with van der Waals surface area (Å²) in [5.41, 5.74) is 22.1. The van der Waals surface area contributed by atoms with Gasteiger partial charge in [-0.05, 0) is 62.8 Å². The Hall–Kier alpha value is -5.96. The average molecular weight is 775 g/mol. The number of carbonyl (C=O) groups excluding carboxylic acids is 7. The van der Waals surface area contributed by atoms with Crippen molar-refractivity contribution in [1.82, 2.24) is 31.9 Å². The molecule has 0 unspecified atom stereocenters. The number of aliphatic imine (C=N–C) groups is 2. The number of halogens is 1. The number of guanidine groups is 2. The Bertz CT molecular complexity index is 1580. The molecule has 0 aliphatic carbocycles. The number of phenolic OH excluding ortho intramolecular Hbond substituents is 1. The van der Waals surface area contributed by atoms with Gasteiger partial charge >= 0.3 is 0 Å². The zero-order chi connectivity index (χ0) is 40.9. The van der Waals surface area contributed by atoms with E-state index in [-0.39, 0.29) is 75.7 Å². The highest BCUT2D eigenvalue weighted by Gasteiger charge is 2.33. The number of hydrogen-bond acceptors (Lipinski definition) is 12. The molecule has 0 aromatic heterocycles. The number of phenols is 1. The van der Waals surface area contributed by atoms with Crippen molar-refractivity contribution in [1.29, 1.82) is 0 Å². The molecule has 0 radical (unpaired) electrons. The lowest BCUT2D eigenvalue weighted by Gasteiger charge is -2.29. The molecule has 2 rings (SSSR count). The number of rotatable bonds is 18. The average Bonchev–Trinajstić information content (AvgIpc) is 3.14. The molecule has 1 aliphatic rings. The summed E-state index contributed by atoms with van der Waals surface area (Å²) in [5, 5.41) is 24.9. The van der Waals surface area contributed by atoms with Crippen LogP contribution in [0.2, 0.25) is 0 Å². The Labute approximate surface area is 316 Å². The zero-order valence-corrected chi connectivity index (χ0v) is 30.5. The lowest BCUT2D eigenvalue weighted by atomic mass is 10.1. The van der Waals surface area contributed by atoms with Crippen molar-refractivity contribution in [3.8, 4) is 5.75 Å². The van der Waals surface area contributed by atoms with Gasteiger partial charge in [0.15, 0.2) is 24.3 Å². The summed E-state index contributed by atoms with van der Waals surface area (Å²) in [5.74, 6) is -5.40. The SMILES string of the molecule is C[C@@H]1NC(=O)[C@H](N[C@@H](CCCN=C(N)N)C(=O)N[C@H](C=O)CCCN=C(N)N)NC(=O)[C@@H](N[C@H](C=O)Cc2ccc(O)cc2)NC(=O)CCC(=O)CC=C1F. The molecule has 0 bridgehead atoms. The number of nitrogens with one attached hydrogen (secondary N) is 6. The molecule has 4 amide bonds. The first-order valence-electron chi connectivity index (χ1n) is 17.5. The molecule has 21 heteroatoms. The number of allylic oxidation sites excluding steroid dienone is 1. The van der Waals surface area contributed by atoms with Gasteiger partial charge in [-0.15, -0.1) is 0 Å². The van der Waals surface area contributed by atoms with Gasteiger partial charge in [0.1, 0.15) is 29.9 Å². The summed E-state index contributed by atoms with van der Waals surface area (Å²) >= 11 is 0. The molecule has 6 atom stereocenters. The quantitative estimate of drug-likeness (QED) is 0.0304. The number of nitrogens with two attached hydrogens (primary N) is 4. The van der Waals surface area contributed by atoms with Gasteiger partial charge in [0.05, 0.1) is 24.2 Å². The number of aromatic hydroxyl groups is 1. The number of ketones is 1. The highest BCUT2D eigenvalue weighted by molar-refractivity contribution is 5.94. The van der Waals surface area contributed by atoms with Crippen molar-refractivity contribution in [2.24, 2.45) is 32.9 Å². The summed E-state index contributed by atoms with van der Waals surface area (Å²) in [6, 6.07) is 1.18. The van der Waals surface area contributed by atoms with Crippen LogP contribution in [0.5, 0.6) is 5.75 Å². The second kappa shape index (κ2) is 23.7. The van der Waals surface area contributed by atoms with Crippen LogP contribution in [-0.4, -0.2) is 109 Å². The standard InChI is InChI=1S/C34H51FN12O8/c1-19-25(35)12-10-24(51)11-13-27(52)46-28(43-22(18-49)16-20-6-8-23(50)9-7-20)32(55)47-29(31(54)42-19)45-26(5-3-15-41-34(38)39)30(53)44-21(17-48)4-2-14-40-33(36)37/h6-9,12,17-19,21-22,26,28-29,43,45,50H,2-5,10-11,13-16H2,1H3,(H,42,54)(H,44,53)(H,46,52)(H,47,55)(H4,36,37,40)(H4,38,39,41)/t19-,21-,22-,26-,28-,29+/m0/s1. The van der Waals surface area contributed by atoms with Crippen LogP contribution in [0.4, 0.5) is 4.39 Å². The Morgan fingerprint density at radius 1 is 0.873 bits per heavy atom. The fourth-order valence-corrected chi connectivity index (χ4v) is 5.15. The van der Waals surface area contributed by atoms with E-state index < -0.39 is 71.7 Å². The fraction of sp³-hybridized carbons (Fsp3) is 0.500. The predicted octanol–water partition coefficient (Wildman–Crippen LogP) is -3.16. The number of hydrogen-bond donors (Lipinski definition) is 11. The number of aldehydes is 2. The fourth-order valence-electron chi connectivity index (χ4n) is 5.15. The van der Waals surface area contributed by atoms with Gasteiger partial charge in [0.2, 0.25) is 11.8 Å². The van der Waals surface area contributed by atoms with Gasteiger partial charge in [-0.2, -0.15) is 0 Å². The summed E-state index contributed by atoms with van der Waals surface area (Å²) in [4.78, 5) is 98.3. The van der Waals surface area contributed by atoms with Gasteiger partial charge in [-0.1, -0.05) is 12.1 Å². The number of nitrogens with zero attached hydrogens (tertiary/aromatic N) is 2. The van der Waals surface area contributed by atoms with E-state index in [9.17, 15) is 38.7 Å². The smallest absolute Gasteiger partial charge is 0.259 e. The Balaban J connectivity index is 2.48. The second-order valence-electron chi connectivity index (χ2n) is 12.7. The number of Topliss-reactive ketones (excluding diaryl/α,β-unsaturated/α-hetero) is 1. The highest BCUT2D eigenvalue weighted by atomic mass is 19.1. The molecule has 0 saturated heterocycles. The molecule has 1 heterocycles. The van der Waals surface area contributed by atoms with Gasteiger partial charge < -0.3 is 58.9 Å². The van der Waals surface area contributed by atoms with Crippen molar-refractivity contribution >= 4 is 53.9 Å². The summed E-state index contributed by atoms with van der Waals surface area (Å²) < 4.78 is 15.0. The minimum Gasteiger partial charge on any atom is -0.508 e. The van der Waals surface area contributed by atoms with Gasteiger partial charge in [-0.3, -0.25) is 44.6 Å². The van der Waals surface area contributed by atoms with Crippen LogP contribution in [-0.2, 0) is 40.0 Å². The first kappa shape index (κ1) is 45.2. The van der Waals surface area contributed by atoms with Gasteiger partial charge in [0.25, 0.3) is 11.8 Å². The molecule has 1 aromatic carbocycles. The predicted molar refractivity (Wildman–Crippen MR) is 199 cm³/mol. The third-order valence-corrected chi connectivity index (χ3v) is 8.07. The van der Waals surface area contributed by atoms with Crippen LogP contribution in [0.25, 0.3) is 0 Å². The zero-order valence-electron chi connectivity index (χ0n) is 30.5. The Kier molecular flexibility index (Phi) is 19.4. The van der Waals surface area contributed by atoms with Crippen LogP contribution in [0.3, 0.4) is 0 Å². The second-order valence-corrected chi connectivity index (χ2v) is 12.7. The Morgan fingerprint density at radius 3 is 2.05 bits per heavy atom. The maximum Gasteiger partial charge on any atom is 0.259 e. The van der Waals surface area contributed by atoms with Crippen LogP contribution in [0.1, 0.15) is 57.4 Å². The Morgan fingerprint density at radius 2 is 1.45 bits per heavy atom. The highest BCUT2D eigenvalue weighted by Crippen LogP contribution is 2.12. The van der Waals surface area contributed by atoms with E-state index in [2.05, 4.69) is 41.9 Å². The normalized spacial score (nSPS) is 20.0. The van der Waals surface area contributed by atoms with Crippen molar-refractivity contribution in [3.63, 3.8) is 0 Å². The molecular weight excluding hydrogens is 723 g/mol. The summed E-state index contributed by atoms with van der Waals surface area (Å²) in [6.45, 7) is 1.53. The van der Waals surface area contributed by atoms with Gasteiger partial charge in [-0.25, -0.2) is 4.39 Å². The number of benzene rings is 1. The first-order valence-corrected chi connectivity index (χ1v) is 17.5. The van der Waals surface area contributed by atoms with E-state index in [1.807, 2.05) is 0 Å². The maximum atomic E-state index is 15.0. The van der Waals surface area contributed by atoms with Crippen LogP contribution in [0.15, 0.2) is 46.2 Å². The third-order valence-electron chi connectivity index (χ3n) is 8.07. The minimum atomic E-state index is -1.79. The van der Waals surface area contributed by atoms with E-state index in [0.717, 1.165) is 6.08 Å². The minimum absolute atomic E-state index is 0.00837. The van der Waals surface area contributed by atoms with Crippen molar-refractivity contribution < 1.29 is 43.1 Å². The largest absolute Gasteiger partial charge is 0.508 e. The summed E-state index contributed by atoms with van der Waals surface area (Å²) in [6.07, 6.45) is -2.00. The lowest BCUT2D eigenvalue weighted by molar-refractivity contribution is -0.135. The van der Waals surface area contributed by atoms with Crippen molar-refractivity contribution in [2.75, 3.05) is 13.1 Å². The molecule has 0 saturated carbocycles. The number of carbonyl (C=O) groups is 7. The monoisotopic (exact) mass is 774 g/mol. The first-order chi connectivity index (χ1) is 26.1. The summed E-state index contributed by atoms with van der Waals surface area (Å²) in [7, 11) is 0. The van der Waals surface area contributed by atoms with E-state index in [0.29, 0.717) is 24.6 Å². The molecule has 1 aromatic rings. The van der Waals surface area contributed by atoms with E-state index in [1.54, 1.807) is 12.1 Å². The molecule has 15 N–H and O–H groups in total. The van der Waals surface area contributed by atoms with Crippen LogP contribution in [0, 0.1) is 0 Å². The molecule has 20 nitrogen and oxygen atoms in total. The van der Waals surface area contributed by atoms with Gasteiger partial charge in [0, 0.05) is 32.4 Å². The van der Waals surface area contributed by atoms with Crippen molar-refractivity contribution in [2.45, 2.75) is 94.8 Å². The molecule has 1 aliphatic heterocycles. The van der Waals surface area contributed by atoms with E-state index in [4.69, 9.17) is 22.9 Å². The molecule has 55 heavy (non-hydrogen) atoms. The topological polar surface area (TPSA) is 341 Å². The molecule has 0 fully saturated rings. The lowest BCUT2D eigenvalue weighted by Crippen LogP contribution is -2.66. The molecular formula is C34H51FN12O8. The van der Waals surface area contributed by atoms with Crippen LogP contribution >= 0.6 is 0 Å². The van der Waals surface area contributed by atoms with E-state index >= 15 is 4.39 Å². The number of amides is 4. The molecule has 0 spiro atoms.